The van der Waals surface area contributed by atoms with Crippen LogP contribution in [0.25, 0.3) is 26.0 Å². The molecule has 0 N–H and O–H groups in total. The van der Waals surface area contributed by atoms with Gasteiger partial charge in [-0.1, -0.05) is 36.4 Å². The van der Waals surface area contributed by atoms with E-state index < -0.39 is 0 Å². The molecule has 1 aliphatic rings. The zero-order chi connectivity index (χ0) is 23.9. The van der Waals surface area contributed by atoms with Crippen LogP contribution in [-0.2, 0) is 0 Å². The molecule has 0 spiro atoms. The Morgan fingerprint density at radius 3 is 1.77 bits per heavy atom. The van der Waals surface area contributed by atoms with Crippen LogP contribution in [0, 0.1) is 0 Å². The molecule has 0 unspecified atom stereocenters. The third kappa shape index (κ3) is 3.85. The molecule has 0 aliphatic carbocycles. The molecule has 3 heterocycles. The van der Waals surface area contributed by atoms with Crippen molar-refractivity contribution in [3.8, 4) is 5.75 Å². The number of benzene rings is 3. The van der Waals surface area contributed by atoms with E-state index in [1.807, 2.05) is 30.3 Å². The van der Waals surface area contributed by atoms with Gasteiger partial charge >= 0.3 is 0 Å². The number of allylic oxidation sites excluding steroid dienone is 5. The number of hydrogen-bond acceptors (Lipinski definition) is 6. The maximum absolute atomic E-state index is 5.65. The summed E-state index contributed by atoms with van der Waals surface area (Å²) < 4.78 is 8.00. The molecule has 6 rings (SSSR count). The molecule has 0 fully saturated rings. The minimum atomic E-state index is 0.845. The van der Waals surface area contributed by atoms with Crippen LogP contribution in [0.5, 0.6) is 5.75 Å². The summed E-state index contributed by atoms with van der Waals surface area (Å²) in [5.74, 6) is 0.845. The molecule has 5 aromatic rings. The lowest BCUT2D eigenvalue weighted by atomic mass is 10.0. The third-order valence-corrected chi connectivity index (χ3v) is 8.17. The van der Waals surface area contributed by atoms with E-state index >= 15 is 0 Å². The first-order chi connectivity index (χ1) is 17.1. The van der Waals surface area contributed by atoms with E-state index in [1.54, 1.807) is 29.8 Å². The van der Waals surface area contributed by atoms with Crippen molar-refractivity contribution < 1.29 is 4.74 Å². The highest BCUT2D eigenvalue weighted by atomic mass is 32.1. The van der Waals surface area contributed by atoms with Gasteiger partial charge in [0.1, 0.15) is 15.8 Å². The van der Waals surface area contributed by atoms with Crippen LogP contribution in [0.4, 0.5) is 5.69 Å². The summed E-state index contributed by atoms with van der Waals surface area (Å²) in [6.07, 6.45) is 4.46. The van der Waals surface area contributed by atoms with Gasteiger partial charge in [-0.15, -0.1) is 22.7 Å². The topological polar surface area (TPSA) is 38.2 Å². The summed E-state index contributed by atoms with van der Waals surface area (Å²) in [5, 5.41) is 1.97. The zero-order valence-electron chi connectivity index (χ0n) is 19.6. The summed E-state index contributed by atoms with van der Waals surface area (Å²) in [6.45, 7) is 4.27. The molecule has 0 atom stereocenters. The molecule has 0 amide bonds. The van der Waals surface area contributed by atoms with Crippen molar-refractivity contribution in [2.45, 2.75) is 13.8 Å². The van der Waals surface area contributed by atoms with Crippen molar-refractivity contribution in [2.24, 2.45) is 0 Å². The van der Waals surface area contributed by atoms with E-state index in [0.717, 1.165) is 55.0 Å². The van der Waals surface area contributed by atoms with Crippen molar-refractivity contribution in [1.29, 1.82) is 0 Å². The van der Waals surface area contributed by atoms with Crippen LogP contribution < -0.4 is 9.64 Å². The smallest absolute Gasteiger partial charge is 0.142 e. The van der Waals surface area contributed by atoms with Crippen LogP contribution in [0.15, 0.2) is 102 Å². The number of thiazole rings is 2. The summed E-state index contributed by atoms with van der Waals surface area (Å²) in [7, 11) is 1.71. The van der Waals surface area contributed by atoms with E-state index in [-0.39, 0.29) is 0 Å². The molecule has 172 valence electrons. The fourth-order valence-corrected chi connectivity index (χ4v) is 6.67. The molecule has 0 bridgehead atoms. The number of fused-ring (bicyclic) bond motifs is 2. The first-order valence-electron chi connectivity index (χ1n) is 11.4. The number of ether oxygens (including phenoxy) is 1. The third-order valence-electron chi connectivity index (χ3n) is 6.06. The van der Waals surface area contributed by atoms with Crippen molar-refractivity contribution in [1.82, 2.24) is 9.97 Å². The molecule has 1 aliphatic heterocycles. The minimum absolute atomic E-state index is 0.845. The normalized spacial score (nSPS) is 13.8. The number of nitrogens with zero attached hydrogens (tertiary/aromatic N) is 3. The molecular formula is C29H23N3OS2. The second-order valence-electron chi connectivity index (χ2n) is 8.38. The Hall–Kier alpha value is -3.74. The van der Waals surface area contributed by atoms with Gasteiger partial charge in [0.25, 0.3) is 0 Å². The lowest BCUT2D eigenvalue weighted by molar-refractivity contribution is 0.415. The highest BCUT2D eigenvalue weighted by Crippen LogP contribution is 2.41. The molecule has 6 heteroatoms. The van der Waals surface area contributed by atoms with Gasteiger partial charge in [-0.25, -0.2) is 9.97 Å². The molecule has 35 heavy (non-hydrogen) atoms. The van der Waals surface area contributed by atoms with E-state index in [0.29, 0.717) is 0 Å². The first kappa shape index (κ1) is 21.8. The number of anilines is 1. The van der Waals surface area contributed by atoms with Gasteiger partial charge in [0, 0.05) is 11.4 Å². The molecule has 0 saturated heterocycles. The van der Waals surface area contributed by atoms with Crippen LogP contribution in [-0.4, -0.2) is 17.1 Å². The average molecular weight is 494 g/mol. The molecule has 3 aromatic carbocycles. The second-order valence-corrected chi connectivity index (χ2v) is 10.4. The number of methoxy groups -OCH3 is 1. The number of aromatic nitrogens is 2. The minimum Gasteiger partial charge on any atom is -0.495 e. The summed E-state index contributed by atoms with van der Waals surface area (Å²) >= 11 is 3.43. The predicted octanol–water partition coefficient (Wildman–Crippen LogP) is 8.04. The molecular weight excluding hydrogens is 470 g/mol. The fraction of sp³-hybridized carbons (Fsp3) is 0.103. The van der Waals surface area contributed by atoms with E-state index in [4.69, 9.17) is 14.7 Å². The monoisotopic (exact) mass is 493 g/mol. The van der Waals surface area contributed by atoms with Gasteiger partial charge in [-0.05, 0) is 68.0 Å². The first-order valence-corrected chi connectivity index (χ1v) is 13.0. The number of hydrogen-bond donors (Lipinski definition) is 0. The maximum Gasteiger partial charge on any atom is 0.142 e. The molecule has 0 radical (unpaired) electrons. The Balaban J connectivity index is 1.57. The predicted molar refractivity (Wildman–Crippen MR) is 148 cm³/mol. The standard InChI is InChI=1S/C29H23N3OS2/c1-18-16-20(17-19(2)32(18)23-12-6-7-13-24(23)33-3)27(28-30-21-10-4-8-14-25(21)34-28)29-31-22-11-5-9-15-26(22)35-29/h4-17H,1-3H3. The van der Waals surface area contributed by atoms with Crippen molar-refractivity contribution >= 4 is 54.4 Å². The molecule has 2 aromatic heterocycles. The van der Waals surface area contributed by atoms with Gasteiger partial charge in [0.2, 0.25) is 0 Å². The maximum atomic E-state index is 5.65. The quantitative estimate of drug-likeness (QED) is 0.254. The largest absolute Gasteiger partial charge is 0.495 e. The van der Waals surface area contributed by atoms with Gasteiger partial charge in [-0.3, -0.25) is 0 Å². The molecule has 4 nitrogen and oxygen atoms in total. The second kappa shape index (κ2) is 8.80. The van der Waals surface area contributed by atoms with E-state index in [9.17, 15) is 0 Å². The summed E-state index contributed by atoms with van der Waals surface area (Å²) in [4.78, 5) is 12.3. The summed E-state index contributed by atoms with van der Waals surface area (Å²) in [6, 6.07) is 24.7. The van der Waals surface area contributed by atoms with Gasteiger partial charge < -0.3 is 9.64 Å². The fourth-order valence-electron chi connectivity index (χ4n) is 4.53. The van der Waals surface area contributed by atoms with Crippen molar-refractivity contribution in [2.75, 3.05) is 12.0 Å². The average Bonchev–Trinajstić information content (AvgIpc) is 3.48. The van der Waals surface area contributed by atoms with Gasteiger partial charge in [-0.2, -0.15) is 0 Å². The van der Waals surface area contributed by atoms with Gasteiger partial charge in [0.05, 0.1) is 38.8 Å². The van der Waals surface area contributed by atoms with Crippen LogP contribution in [0.2, 0.25) is 0 Å². The Morgan fingerprint density at radius 1 is 0.714 bits per heavy atom. The zero-order valence-corrected chi connectivity index (χ0v) is 21.3. The van der Waals surface area contributed by atoms with E-state index in [1.165, 1.54) is 9.40 Å². The van der Waals surface area contributed by atoms with Crippen molar-refractivity contribution in [3.05, 3.63) is 112 Å². The van der Waals surface area contributed by atoms with E-state index in [2.05, 4.69) is 73.4 Å². The van der Waals surface area contributed by atoms with Crippen LogP contribution >= 0.6 is 22.7 Å². The highest BCUT2D eigenvalue weighted by Gasteiger charge is 2.24. The Labute approximate surface area is 212 Å². The number of para-hydroxylation sites is 4. The van der Waals surface area contributed by atoms with Gasteiger partial charge in [0.15, 0.2) is 0 Å². The SMILES string of the molecule is COc1ccccc1N1C(C)=CC(=C(c2nc3ccccc3s2)c2nc3ccccc3s2)C=C1C. The lowest BCUT2D eigenvalue weighted by Crippen LogP contribution is -2.22. The Kier molecular flexibility index (Phi) is 5.47. The Morgan fingerprint density at radius 2 is 1.23 bits per heavy atom. The van der Waals surface area contributed by atoms with Crippen LogP contribution in [0.1, 0.15) is 23.9 Å². The number of rotatable bonds is 4. The summed E-state index contributed by atoms with van der Waals surface area (Å²) in [5.41, 5.74) is 7.47. The Bertz CT molecular complexity index is 1510. The van der Waals surface area contributed by atoms with Crippen LogP contribution in [0.3, 0.4) is 0 Å². The highest BCUT2D eigenvalue weighted by molar-refractivity contribution is 7.22. The molecule has 0 saturated carbocycles. The van der Waals surface area contributed by atoms with Crippen molar-refractivity contribution in [3.63, 3.8) is 0 Å². The lowest BCUT2D eigenvalue weighted by Gasteiger charge is -2.31.